The van der Waals surface area contributed by atoms with E-state index in [1.807, 2.05) is 0 Å². The summed E-state index contributed by atoms with van der Waals surface area (Å²) in [7, 11) is -3.30. The van der Waals surface area contributed by atoms with Gasteiger partial charge in [-0.05, 0) is 29.8 Å². The third kappa shape index (κ3) is 2.59. The van der Waals surface area contributed by atoms with E-state index >= 15 is 0 Å². The van der Waals surface area contributed by atoms with Crippen molar-refractivity contribution in [2.24, 2.45) is 0 Å². The highest BCUT2D eigenvalue weighted by atomic mass is 79.9. The predicted molar refractivity (Wildman–Crippen MR) is 74.9 cm³/mol. The van der Waals surface area contributed by atoms with Crippen LogP contribution in [-0.2, 0) is 16.4 Å². The molecule has 0 aliphatic carbocycles. The number of hydrogen-bond acceptors (Lipinski definition) is 5. The molecule has 2 heterocycles. The Hall–Kier alpha value is -1.15. The number of rotatable bonds is 3. The molecule has 0 spiro atoms. The van der Waals surface area contributed by atoms with Crippen molar-refractivity contribution >= 4 is 36.7 Å². The van der Waals surface area contributed by atoms with Crippen LogP contribution < -0.4 is 5.56 Å². The second-order valence-electron chi connectivity index (χ2n) is 4.97. The van der Waals surface area contributed by atoms with Crippen LogP contribution in [0.5, 0.6) is 0 Å². The Morgan fingerprint density at radius 3 is 2.68 bits per heavy atom. The molecule has 0 amide bonds. The number of furan rings is 1. The van der Waals surface area contributed by atoms with Gasteiger partial charge in [-0.3, -0.25) is 4.79 Å². The van der Waals surface area contributed by atoms with Gasteiger partial charge in [0.25, 0.3) is 5.56 Å². The van der Waals surface area contributed by atoms with Gasteiger partial charge in [0.15, 0.2) is 20.1 Å². The number of hydrogen-bond donors (Lipinski definition) is 0. The molecule has 0 aliphatic rings. The Labute approximate surface area is 118 Å². The zero-order valence-corrected chi connectivity index (χ0v) is 13.1. The first kappa shape index (κ1) is 14.3. The summed E-state index contributed by atoms with van der Waals surface area (Å²) in [6, 6.07) is 1.54. The van der Waals surface area contributed by atoms with Crippen LogP contribution in [0, 0.1) is 0 Å². The maximum Gasteiger partial charge on any atom is 0.278 e. The highest BCUT2D eigenvalue weighted by Crippen LogP contribution is 2.21. The summed E-state index contributed by atoms with van der Waals surface area (Å²) in [6.07, 6.45) is 2.55. The van der Waals surface area contributed by atoms with Gasteiger partial charge in [-0.15, -0.1) is 0 Å². The van der Waals surface area contributed by atoms with Crippen LogP contribution >= 0.6 is 15.9 Å². The minimum atomic E-state index is -3.30. The molecule has 2 aromatic rings. The lowest BCUT2D eigenvalue weighted by atomic mass is 10.2. The first-order chi connectivity index (χ1) is 8.62. The molecule has 0 fully saturated rings. The third-order valence-corrected chi connectivity index (χ3v) is 5.57. The molecule has 0 saturated heterocycles. The second-order valence-corrected chi connectivity index (χ2v) is 8.40. The number of nitrogens with zero attached hydrogens (tertiary/aromatic N) is 2. The van der Waals surface area contributed by atoms with Crippen LogP contribution in [0.25, 0.3) is 11.0 Å². The zero-order chi connectivity index (χ0) is 14.4. The SMILES string of the molecule is CC(C)(Cn1ncc2oc(Br)cc2c1=O)S(C)(=O)=O. The Morgan fingerprint density at radius 2 is 2.11 bits per heavy atom. The molecule has 0 N–H and O–H groups in total. The molecular weight excluding hydrogens is 336 g/mol. The lowest BCUT2D eigenvalue weighted by molar-refractivity contribution is 0.463. The minimum absolute atomic E-state index is 0.0105. The van der Waals surface area contributed by atoms with Gasteiger partial charge in [-0.25, -0.2) is 13.1 Å². The van der Waals surface area contributed by atoms with E-state index < -0.39 is 14.6 Å². The summed E-state index contributed by atoms with van der Waals surface area (Å²) < 4.78 is 29.1. The van der Waals surface area contributed by atoms with Gasteiger partial charge in [0.2, 0.25) is 0 Å². The van der Waals surface area contributed by atoms with E-state index in [9.17, 15) is 13.2 Å². The fourth-order valence-corrected chi connectivity index (χ4v) is 2.30. The summed E-state index contributed by atoms with van der Waals surface area (Å²) in [4.78, 5) is 12.2. The smallest absolute Gasteiger partial charge is 0.278 e. The average molecular weight is 349 g/mol. The van der Waals surface area contributed by atoms with Crippen LogP contribution in [0.4, 0.5) is 0 Å². The summed E-state index contributed by atoms with van der Waals surface area (Å²) in [6.45, 7) is 3.11. The predicted octanol–water partition coefficient (Wildman–Crippen LogP) is 1.58. The first-order valence-corrected chi connectivity index (χ1v) is 8.15. The minimum Gasteiger partial charge on any atom is -0.447 e. The van der Waals surface area contributed by atoms with Crippen molar-refractivity contribution in [3.8, 4) is 0 Å². The Morgan fingerprint density at radius 1 is 1.47 bits per heavy atom. The quantitative estimate of drug-likeness (QED) is 0.840. The average Bonchev–Trinajstić information content (AvgIpc) is 2.62. The van der Waals surface area contributed by atoms with E-state index in [1.165, 1.54) is 6.20 Å². The van der Waals surface area contributed by atoms with Crippen LogP contribution in [-0.4, -0.2) is 29.2 Å². The molecule has 0 bridgehead atoms. The molecule has 0 radical (unpaired) electrons. The van der Waals surface area contributed by atoms with Crippen molar-refractivity contribution in [3.05, 3.63) is 27.3 Å². The molecule has 8 heteroatoms. The van der Waals surface area contributed by atoms with E-state index in [-0.39, 0.29) is 12.1 Å². The molecule has 2 aromatic heterocycles. The van der Waals surface area contributed by atoms with Gasteiger partial charge in [-0.2, -0.15) is 5.10 Å². The van der Waals surface area contributed by atoms with Gasteiger partial charge >= 0.3 is 0 Å². The highest BCUT2D eigenvalue weighted by molar-refractivity contribution is 9.10. The van der Waals surface area contributed by atoms with Crippen molar-refractivity contribution in [2.45, 2.75) is 25.1 Å². The fourth-order valence-electron chi connectivity index (χ4n) is 1.54. The first-order valence-electron chi connectivity index (χ1n) is 5.46. The molecule has 0 saturated carbocycles. The molecule has 19 heavy (non-hydrogen) atoms. The van der Waals surface area contributed by atoms with E-state index in [4.69, 9.17) is 4.42 Å². The number of sulfone groups is 1. The van der Waals surface area contributed by atoms with E-state index in [1.54, 1.807) is 19.9 Å². The zero-order valence-electron chi connectivity index (χ0n) is 10.7. The van der Waals surface area contributed by atoms with Gasteiger partial charge in [0.1, 0.15) is 0 Å². The standard InChI is InChI=1S/C11H13BrN2O4S/c1-11(2,19(3,16)17)6-14-10(15)7-4-9(12)18-8(7)5-13-14/h4-5H,6H2,1-3H3. The molecule has 0 aliphatic heterocycles. The Balaban J connectivity index is 2.53. The molecule has 2 rings (SSSR count). The van der Waals surface area contributed by atoms with E-state index in [2.05, 4.69) is 21.0 Å². The largest absolute Gasteiger partial charge is 0.447 e. The third-order valence-electron chi connectivity index (χ3n) is 3.04. The monoisotopic (exact) mass is 348 g/mol. The maximum absolute atomic E-state index is 12.2. The number of halogens is 1. The second kappa shape index (κ2) is 4.45. The number of aromatic nitrogens is 2. The summed E-state index contributed by atoms with van der Waals surface area (Å²) >= 11 is 3.14. The molecule has 0 aromatic carbocycles. The van der Waals surface area contributed by atoms with Crippen LogP contribution in [0.1, 0.15) is 13.8 Å². The lowest BCUT2D eigenvalue weighted by Crippen LogP contribution is -2.40. The lowest BCUT2D eigenvalue weighted by Gasteiger charge is -2.22. The summed E-state index contributed by atoms with van der Waals surface area (Å²) in [5.41, 5.74) is -0.00559. The number of fused-ring (bicyclic) bond motifs is 1. The van der Waals surface area contributed by atoms with Gasteiger partial charge in [-0.1, -0.05) is 0 Å². The molecule has 0 unspecified atom stereocenters. The van der Waals surface area contributed by atoms with Crippen LogP contribution in [0.15, 0.2) is 26.1 Å². The van der Waals surface area contributed by atoms with E-state index in [0.29, 0.717) is 15.6 Å². The van der Waals surface area contributed by atoms with Crippen LogP contribution in [0.2, 0.25) is 0 Å². The maximum atomic E-state index is 12.2. The van der Waals surface area contributed by atoms with Crippen molar-refractivity contribution in [1.82, 2.24) is 9.78 Å². The van der Waals surface area contributed by atoms with Gasteiger partial charge < -0.3 is 4.42 Å². The normalized spacial score (nSPS) is 13.1. The topological polar surface area (TPSA) is 82.2 Å². The summed E-state index contributed by atoms with van der Waals surface area (Å²) in [5.74, 6) is 0. The van der Waals surface area contributed by atoms with Crippen molar-refractivity contribution in [2.75, 3.05) is 6.26 Å². The van der Waals surface area contributed by atoms with E-state index in [0.717, 1.165) is 10.9 Å². The fraction of sp³-hybridized carbons (Fsp3) is 0.455. The van der Waals surface area contributed by atoms with Gasteiger partial charge in [0.05, 0.1) is 22.9 Å². The molecule has 0 atom stereocenters. The van der Waals surface area contributed by atoms with Crippen molar-refractivity contribution in [1.29, 1.82) is 0 Å². The highest BCUT2D eigenvalue weighted by Gasteiger charge is 2.31. The molecular formula is C11H13BrN2O4S. The molecule has 6 nitrogen and oxygen atoms in total. The Kier molecular flexibility index (Phi) is 3.34. The Bertz CT molecular complexity index is 789. The van der Waals surface area contributed by atoms with Gasteiger partial charge in [0, 0.05) is 12.3 Å². The summed E-state index contributed by atoms with van der Waals surface area (Å²) in [5, 5.41) is 4.31. The molecule has 104 valence electrons. The van der Waals surface area contributed by atoms with Crippen molar-refractivity contribution in [3.63, 3.8) is 0 Å². The van der Waals surface area contributed by atoms with Crippen molar-refractivity contribution < 1.29 is 12.8 Å². The van der Waals surface area contributed by atoms with Crippen LogP contribution in [0.3, 0.4) is 0 Å².